The molecule has 1 rings (SSSR count). The Morgan fingerprint density at radius 1 is 1.22 bits per heavy atom. The number of benzene rings is 1. The van der Waals surface area contributed by atoms with Crippen molar-refractivity contribution in [1.82, 2.24) is 0 Å². The molecule has 3 N–H and O–H groups in total. The van der Waals surface area contributed by atoms with Gasteiger partial charge in [0.15, 0.2) is 11.6 Å². The first-order valence-corrected chi connectivity index (χ1v) is 5.21. The van der Waals surface area contributed by atoms with Crippen LogP contribution in [0, 0.1) is 11.6 Å². The van der Waals surface area contributed by atoms with Crippen LogP contribution < -0.4 is 11.1 Å². The van der Waals surface area contributed by atoms with Crippen LogP contribution in [0.4, 0.5) is 27.6 Å². The van der Waals surface area contributed by atoms with Crippen molar-refractivity contribution in [3.05, 3.63) is 29.3 Å². The van der Waals surface area contributed by atoms with Crippen molar-refractivity contribution >= 4 is 22.9 Å². The van der Waals surface area contributed by atoms with Crippen molar-refractivity contribution < 1.29 is 22.0 Å². The molecule has 2 nitrogen and oxygen atoms in total. The molecule has 0 amide bonds. The molecule has 1 aromatic carbocycles. The Labute approximate surface area is 105 Å². The summed E-state index contributed by atoms with van der Waals surface area (Å²) in [6.45, 7) is -0.549. The summed E-state index contributed by atoms with van der Waals surface area (Å²) < 4.78 is 62.4. The molecule has 0 unspecified atom stereocenters. The third-order valence-corrected chi connectivity index (χ3v) is 2.29. The lowest BCUT2D eigenvalue weighted by molar-refractivity contribution is -0.131. The van der Waals surface area contributed by atoms with Crippen molar-refractivity contribution in [3.63, 3.8) is 0 Å². The van der Waals surface area contributed by atoms with Gasteiger partial charge in [0.2, 0.25) is 0 Å². The van der Waals surface area contributed by atoms with E-state index >= 15 is 0 Å². The van der Waals surface area contributed by atoms with Gasteiger partial charge >= 0.3 is 6.18 Å². The van der Waals surface area contributed by atoms with E-state index in [1.165, 1.54) is 0 Å². The second-order valence-electron chi connectivity index (χ2n) is 3.44. The minimum Gasteiger partial charge on any atom is -0.389 e. The highest BCUT2D eigenvalue weighted by atomic mass is 32.1. The standard InChI is InChI=1S/C10H9F5N2S/c11-7-5(9(16)18)1-2-6(8(7)12)17-4-3-10(13,14)15/h1-2,17H,3-4H2,(H2,16,18). The van der Waals surface area contributed by atoms with Gasteiger partial charge < -0.3 is 11.1 Å². The van der Waals surface area contributed by atoms with Gasteiger partial charge in [0.1, 0.15) is 4.99 Å². The fourth-order valence-corrected chi connectivity index (χ4v) is 1.37. The molecule has 0 atom stereocenters. The SMILES string of the molecule is NC(=S)c1ccc(NCCC(F)(F)F)c(F)c1F. The number of hydrogen-bond acceptors (Lipinski definition) is 2. The van der Waals surface area contributed by atoms with Gasteiger partial charge in [-0.1, -0.05) is 12.2 Å². The molecule has 18 heavy (non-hydrogen) atoms. The molecule has 0 spiro atoms. The van der Waals surface area contributed by atoms with Crippen molar-refractivity contribution in [1.29, 1.82) is 0 Å². The number of nitrogens with two attached hydrogens (primary N) is 1. The van der Waals surface area contributed by atoms with Crippen LogP contribution >= 0.6 is 12.2 Å². The van der Waals surface area contributed by atoms with Gasteiger partial charge in [-0.3, -0.25) is 0 Å². The molecule has 0 radical (unpaired) electrons. The first kappa shape index (κ1) is 14.6. The summed E-state index contributed by atoms with van der Waals surface area (Å²) in [5.41, 5.74) is 4.49. The quantitative estimate of drug-likeness (QED) is 0.659. The van der Waals surface area contributed by atoms with E-state index in [9.17, 15) is 22.0 Å². The molecule has 0 aliphatic rings. The zero-order chi connectivity index (χ0) is 13.9. The van der Waals surface area contributed by atoms with E-state index < -0.39 is 30.8 Å². The Hall–Kier alpha value is -1.44. The predicted octanol–water partition coefficient (Wildman–Crippen LogP) is 2.96. The van der Waals surface area contributed by atoms with E-state index in [1.807, 2.05) is 0 Å². The molecule has 100 valence electrons. The van der Waals surface area contributed by atoms with E-state index in [2.05, 4.69) is 17.5 Å². The summed E-state index contributed by atoms with van der Waals surface area (Å²) >= 11 is 4.49. The topological polar surface area (TPSA) is 38.0 Å². The maximum atomic E-state index is 13.4. The van der Waals surface area contributed by atoms with Crippen LogP contribution in [0.3, 0.4) is 0 Å². The number of rotatable bonds is 4. The Kier molecular flexibility index (Phi) is 4.44. The Morgan fingerprint density at radius 3 is 2.33 bits per heavy atom. The molecule has 0 saturated carbocycles. The Morgan fingerprint density at radius 2 is 1.83 bits per heavy atom. The van der Waals surface area contributed by atoms with Crippen LogP contribution in [0.5, 0.6) is 0 Å². The summed E-state index contributed by atoms with van der Waals surface area (Å²) in [6.07, 6.45) is -5.51. The number of alkyl halides is 3. The summed E-state index contributed by atoms with van der Waals surface area (Å²) in [4.78, 5) is -0.326. The van der Waals surface area contributed by atoms with E-state index in [0.29, 0.717) is 0 Å². The van der Waals surface area contributed by atoms with Crippen LogP contribution in [-0.4, -0.2) is 17.7 Å². The third-order valence-electron chi connectivity index (χ3n) is 2.07. The van der Waals surface area contributed by atoms with Crippen LogP contribution in [-0.2, 0) is 0 Å². The van der Waals surface area contributed by atoms with E-state index in [-0.39, 0.29) is 16.2 Å². The maximum absolute atomic E-state index is 13.4. The lowest BCUT2D eigenvalue weighted by Crippen LogP contribution is -2.17. The monoisotopic (exact) mass is 284 g/mol. The second kappa shape index (κ2) is 5.47. The average Bonchev–Trinajstić information content (AvgIpc) is 2.22. The first-order chi connectivity index (χ1) is 8.22. The molecule has 0 saturated heterocycles. The molecule has 0 heterocycles. The van der Waals surface area contributed by atoms with Crippen LogP contribution in [0.15, 0.2) is 12.1 Å². The lowest BCUT2D eigenvalue weighted by atomic mass is 10.1. The maximum Gasteiger partial charge on any atom is 0.390 e. The summed E-state index contributed by atoms with van der Waals surface area (Å²) in [6, 6.07) is 2.19. The smallest absolute Gasteiger partial charge is 0.389 e. The zero-order valence-corrected chi connectivity index (χ0v) is 9.76. The van der Waals surface area contributed by atoms with Gasteiger partial charge in [0, 0.05) is 12.1 Å². The highest BCUT2D eigenvalue weighted by molar-refractivity contribution is 7.80. The largest absolute Gasteiger partial charge is 0.390 e. The highest BCUT2D eigenvalue weighted by Crippen LogP contribution is 2.23. The lowest BCUT2D eigenvalue weighted by Gasteiger charge is -2.11. The van der Waals surface area contributed by atoms with Gasteiger partial charge in [-0.05, 0) is 12.1 Å². The van der Waals surface area contributed by atoms with Crippen LogP contribution in [0.2, 0.25) is 0 Å². The molecular weight excluding hydrogens is 275 g/mol. The third kappa shape index (κ3) is 3.80. The molecule has 0 aromatic heterocycles. The summed E-state index contributed by atoms with van der Waals surface area (Å²) in [7, 11) is 0. The number of nitrogens with one attached hydrogen (secondary N) is 1. The van der Waals surface area contributed by atoms with E-state index in [1.54, 1.807) is 0 Å². The minimum atomic E-state index is -4.36. The second-order valence-corrected chi connectivity index (χ2v) is 3.88. The molecule has 0 aliphatic carbocycles. The molecule has 1 aromatic rings. The normalized spacial score (nSPS) is 11.4. The van der Waals surface area contributed by atoms with Crippen molar-refractivity contribution in [2.75, 3.05) is 11.9 Å². The fourth-order valence-electron chi connectivity index (χ4n) is 1.22. The highest BCUT2D eigenvalue weighted by Gasteiger charge is 2.26. The van der Waals surface area contributed by atoms with Gasteiger partial charge in [-0.2, -0.15) is 13.2 Å². The minimum absolute atomic E-state index is 0.288. The van der Waals surface area contributed by atoms with Gasteiger partial charge in [0.25, 0.3) is 0 Å². The van der Waals surface area contributed by atoms with Crippen molar-refractivity contribution in [2.45, 2.75) is 12.6 Å². The first-order valence-electron chi connectivity index (χ1n) is 4.81. The number of thiocarbonyl (C=S) groups is 1. The van der Waals surface area contributed by atoms with E-state index in [4.69, 9.17) is 5.73 Å². The number of halogens is 5. The Balaban J connectivity index is 2.80. The fraction of sp³-hybridized carbons (Fsp3) is 0.300. The summed E-state index contributed by atoms with van der Waals surface area (Å²) in [5.74, 6) is -2.58. The van der Waals surface area contributed by atoms with Crippen LogP contribution in [0.25, 0.3) is 0 Å². The predicted molar refractivity (Wildman–Crippen MR) is 61.4 cm³/mol. The number of hydrogen-bond donors (Lipinski definition) is 2. The molecule has 0 aliphatic heterocycles. The zero-order valence-electron chi connectivity index (χ0n) is 8.94. The average molecular weight is 284 g/mol. The van der Waals surface area contributed by atoms with E-state index in [0.717, 1.165) is 12.1 Å². The molecular formula is C10H9F5N2S. The van der Waals surface area contributed by atoms with Gasteiger partial charge in [-0.15, -0.1) is 0 Å². The van der Waals surface area contributed by atoms with Crippen LogP contribution in [0.1, 0.15) is 12.0 Å². The van der Waals surface area contributed by atoms with Crippen molar-refractivity contribution in [3.8, 4) is 0 Å². The van der Waals surface area contributed by atoms with Gasteiger partial charge in [0.05, 0.1) is 12.1 Å². The molecule has 0 bridgehead atoms. The molecule has 0 fully saturated rings. The number of anilines is 1. The molecule has 8 heteroatoms. The van der Waals surface area contributed by atoms with Crippen molar-refractivity contribution in [2.24, 2.45) is 5.73 Å². The van der Waals surface area contributed by atoms with Gasteiger partial charge in [-0.25, -0.2) is 8.78 Å². The summed E-state index contributed by atoms with van der Waals surface area (Å²) in [5, 5.41) is 2.16. The Bertz CT molecular complexity index is 458.